The number of nitrogens with two attached hydrogens (primary N) is 1. The third-order valence-corrected chi connectivity index (χ3v) is 10.8. The molecule has 17 heteroatoms. The number of thiazole rings is 2. The number of carboxylic acids is 2. The Hall–Kier alpha value is -3.41. The molecule has 0 spiro atoms. The number of aliphatic carboxylic acids is 2. The Labute approximate surface area is 250 Å². The van der Waals surface area contributed by atoms with Gasteiger partial charge in [0.25, 0.3) is 16.2 Å². The topological polar surface area (TPSA) is 188 Å². The second kappa shape index (κ2) is 11.8. The van der Waals surface area contributed by atoms with Gasteiger partial charge in [0.2, 0.25) is 5.60 Å². The Morgan fingerprint density at radius 2 is 2.15 bits per heavy atom. The van der Waals surface area contributed by atoms with Gasteiger partial charge in [-0.05, 0) is 36.1 Å². The molecular weight excluding hydrogens is 613 g/mol. The number of fused-ring (bicyclic) bond motifs is 1. The molecule has 2 aliphatic heterocycles. The molecule has 0 radical (unpaired) electrons. The lowest BCUT2D eigenvalue weighted by atomic mass is 9.80. The Balaban J connectivity index is 1.32. The number of anilines is 1. The van der Waals surface area contributed by atoms with E-state index in [0.29, 0.717) is 24.3 Å². The Bertz CT molecular complexity index is 1490. The molecule has 216 valence electrons. The first kappa shape index (κ1) is 29.1. The van der Waals surface area contributed by atoms with Crippen molar-refractivity contribution in [2.75, 3.05) is 17.7 Å². The summed E-state index contributed by atoms with van der Waals surface area (Å²) in [6.07, 6.45) is 8.61. The minimum atomic E-state index is -1.53. The number of β-lactam (4-membered cyclic amide) rings is 1. The van der Waals surface area contributed by atoms with Crippen LogP contribution in [0.1, 0.15) is 25.0 Å². The van der Waals surface area contributed by atoms with E-state index in [1.807, 2.05) is 28.5 Å². The Morgan fingerprint density at radius 3 is 2.76 bits per heavy atom. The normalized spacial score (nSPS) is 21.7. The number of nitrogen functional groups attached to an aromatic ring is 1. The summed E-state index contributed by atoms with van der Waals surface area (Å²) in [5.41, 5.74) is 4.29. The first-order valence-corrected chi connectivity index (χ1v) is 16.3. The van der Waals surface area contributed by atoms with E-state index < -0.39 is 40.8 Å². The predicted molar refractivity (Wildman–Crippen MR) is 153 cm³/mol. The summed E-state index contributed by atoms with van der Waals surface area (Å²) < 4.78 is 3.14. The molecule has 2 aromatic rings. The van der Waals surface area contributed by atoms with E-state index >= 15 is 0 Å². The lowest BCUT2D eigenvalue weighted by molar-refractivity contribution is -0.716. The maximum absolute atomic E-state index is 13.3. The van der Waals surface area contributed by atoms with Crippen LogP contribution in [0.2, 0.25) is 0 Å². The van der Waals surface area contributed by atoms with Crippen molar-refractivity contribution in [3.63, 3.8) is 0 Å². The number of oxime groups is 1. The van der Waals surface area contributed by atoms with Gasteiger partial charge < -0.3 is 26.1 Å². The summed E-state index contributed by atoms with van der Waals surface area (Å²) >= 11 is 5.60. The molecule has 1 aliphatic carbocycles. The summed E-state index contributed by atoms with van der Waals surface area (Å²) in [6, 6.07) is -1.03. The Kier molecular flexibility index (Phi) is 8.40. The zero-order valence-electron chi connectivity index (χ0n) is 21.5. The zero-order valence-corrected chi connectivity index (χ0v) is 24.8. The summed E-state index contributed by atoms with van der Waals surface area (Å²) in [5, 5.41) is 28.9. The van der Waals surface area contributed by atoms with E-state index in [4.69, 9.17) is 10.6 Å². The molecule has 1 saturated heterocycles. The molecule has 2 atom stereocenters. The molecule has 5 rings (SSSR count). The van der Waals surface area contributed by atoms with Crippen LogP contribution in [-0.4, -0.2) is 78.6 Å². The lowest BCUT2D eigenvalue weighted by Gasteiger charge is -2.49. The molecule has 3 aliphatic rings. The van der Waals surface area contributed by atoms with E-state index in [2.05, 4.69) is 15.5 Å². The quantitative estimate of drug-likeness (QED) is 0.0919. The van der Waals surface area contributed by atoms with E-state index in [1.165, 1.54) is 22.0 Å². The van der Waals surface area contributed by atoms with Crippen LogP contribution in [-0.2, 0) is 30.6 Å². The maximum Gasteiger partial charge on any atom is 0.352 e. The molecular formula is C24H25N6O7S4+. The van der Waals surface area contributed by atoms with Crippen LogP contribution in [0.15, 0.2) is 49.9 Å². The van der Waals surface area contributed by atoms with Crippen molar-refractivity contribution in [3.05, 3.63) is 46.1 Å². The van der Waals surface area contributed by atoms with Crippen LogP contribution >= 0.6 is 46.2 Å². The van der Waals surface area contributed by atoms with Crippen LogP contribution < -0.4 is 15.6 Å². The van der Waals surface area contributed by atoms with Gasteiger partial charge in [-0.25, -0.2) is 14.6 Å². The third-order valence-electron chi connectivity index (χ3n) is 6.77. The number of hydrogen-bond acceptors (Lipinski definition) is 12. The molecule has 2 aromatic heterocycles. The minimum absolute atomic E-state index is 0.0662. The van der Waals surface area contributed by atoms with E-state index in [-0.39, 0.29) is 35.1 Å². The molecule has 1 saturated carbocycles. The number of thioether (sulfide) groups is 2. The van der Waals surface area contributed by atoms with Crippen LogP contribution in [0.25, 0.3) is 0 Å². The standard InChI is InChI=1S/C24H24N6O7S4/c1-38-23-29(8-9-39-23)7-2-4-12-10-40-19-15(18(32)30(19)16(12)20(33)34)27-17(31)14(13-11-41-22(25)26-13)28-37-24(21(35)36)5-3-6-24/h2,4,8-9,11,15,19H,3,5-7,10H2,1H3,(H4-,25,26,27,31,33,34,35,36)/p+1/b4-2+,28-14-/t15?,19-/m1/s1. The van der Waals surface area contributed by atoms with Crippen molar-refractivity contribution < 1.29 is 38.8 Å². The number of nitrogens with one attached hydrogen (secondary N) is 1. The van der Waals surface area contributed by atoms with Crippen molar-refractivity contribution in [3.8, 4) is 0 Å². The Morgan fingerprint density at radius 1 is 1.37 bits per heavy atom. The van der Waals surface area contributed by atoms with Crippen LogP contribution in [0.3, 0.4) is 0 Å². The van der Waals surface area contributed by atoms with Gasteiger partial charge in [0.1, 0.15) is 22.8 Å². The van der Waals surface area contributed by atoms with Gasteiger partial charge >= 0.3 is 11.9 Å². The number of rotatable bonds is 11. The lowest BCUT2D eigenvalue weighted by Crippen LogP contribution is -2.71. The fraction of sp³-hybridized carbons (Fsp3) is 0.375. The highest BCUT2D eigenvalue weighted by molar-refractivity contribution is 8.00. The van der Waals surface area contributed by atoms with Crippen molar-refractivity contribution in [1.82, 2.24) is 15.2 Å². The van der Waals surface area contributed by atoms with Crippen molar-refractivity contribution in [2.24, 2.45) is 5.16 Å². The SMILES string of the molecule is CSc1scc[n+]1C/C=C/C1=C(C(=O)O)N2C(=O)C(NC(=O)/C(=N\OC3(C(=O)O)CCC3)c3csc(N)n3)[C@H]2SC1. The summed E-state index contributed by atoms with van der Waals surface area (Å²) in [4.78, 5) is 60.9. The fourth-order valence-electron chi connectivity index (χ4n) is 4.46. The number of hydrogen-bond donors (Lipinski definition) is 4. The summed E-state index contributed by atoms with van der Waals surface area (Å²) in [5.74, 6) is -3.53. The highest BCUT2D eigenvalue weighted by Crippen LogP contribution is 2.41. The smallest absolute Gasteiger partial charge is 0.352 e. The molecule has 2 fully saturated rings. The van der Waals surface area contributed by atoms with Gasteiger partial charge in [0.15, 0.2) is 23.6 Å². The number of amides is 2. The number of carboxylic acid groups (broad SMARTS) is 2. The number of nitrogens with zero attached hydrogens (tertiary/aromatic N) is 4. The molecule has 41 heavy (non-hydrogen) atoms. The van der Waals surface area contributed by atoms with E-state index in [1.54, 1.807) is 29.2 Å². The fourth-order valence-corrected chi connectivity index (χ4v) is 7.84. The summed E-state index contributed by atoms with van der Waals surface area (Å²) in [6.45, 7) is 0.547. The highest BCUT2D eigenvalue weighted by atomic mass is 32.2. The molecule has 4 heterocycles. The second-order valence-corrected chi connectivity index (χ2v) is 13.2. The molecule has 1 unspecified atom stereocenters. The van der Waals surface area contributed by atoms with Gasteiger partial charge in [-0.2, -0.15) is 4.57 Å². The first-order chi connectivity index (χ1) is 19.6. The number of allylic oxidation sites excluding steroid dienone is 2. The van der Waals surface area contributed by atoms with E-state index in [9.17, 15) is 29.4 Å². The molecule has 0 aromatic carbocycles. The monoisotopic (exact) mass is 637 g/mol. The van der Waals surface area contributed by atoms with Crippen LogP contribution in [0, 0.1) is 0 Å². The van der Waals surface area contributed by atoms with Gasteiger partial charge in [0, 0.05) is 24.0 Å². The molecule has 2 amide bonds. The summed E-state index contributed by atoms with van der Waals surface area (Å²) in [7, 11) is 0. The van der Waals surface area contributed by atoms with Crippen molar-refractivity contribution in [2.45, 2.75) is 47.2 Å². The number of carbonyl (C=O) groups excluding carboxylic acids is 2. The zero-order chi connectivity index (χ0) is 29.3. The predicted octanol–water partition coefficient (Wildman–Crippen LogP) is 1.52. The first-order valence-electron chi connectivity index (χ1n) is 12.3. The van der Waals surface area contributed by atoms with Crippen LogP contribution in [0.4, 0.5) is 5.13 Å². The van der Waals surface area contributed by atoms with Gasteiger partial charge in [0.05, 0.1) is 5.38 Å². The minimum Gasteiger partial charge on any atom is -0.478 e. The van der Waals surface area contributed by atoms with E-state index in [0.717, 1.165) is 15.7 Å². The number of aromatic nitrogens is 2. The average Bonchev–Trinajstić information content (AvgIpc) is 3.56. The van der Waals surface area contributed by atoms with Crippen molar-refractivity contribution in [1.29, 1.82) is 0 Å². The third kappa shape index (κ3) is 5.58. The van der Waals surface area contributed by atoms with Crippen molar-refractivity contribution >= 4 is 80.8 Å². The molecule has 5 N–H and O–H groups in total. The van der Waals surface area contributed by atoms with Gasteiger partial charge in [-0.1, -0.05) is 22.6 Å². The largest absolute Gasteiger partial charge is 0.478 e. The second-order valence-electron chi connectivity index (χ2n) is 9.22. The molecule has 13 nitrogen and oxygen atoms in total. The van der Waals surface area contributed by atoms with Crippen LogP contribution in [0.5, 0.6) is 0 Å². The molecule has 0 bridgehead atoms. The number of carbonyl (C=O) groups is 4. The van der Waals surface area contributed by atoms with Gasteiger partial charge in [-0.3, -0.25) is 14.5 Å². The average molecular weight is 638 g/mol. The van der Waals surface area contributed by atoms with Gasteiger partial charge in [-0.15, -0.1) is 23.1 Å². The maximum atomic E-state index is 13.3. The highest BCUT2D eigenvalue weighted by Gasteiger charge is 2.54.